The molecule has 1 aromatic carbocycles. The predicted molar refractivity (Wildman–Crippen MR) is 83.1 cm³/mol. The summed E-state index contributed by atoms with van der Waals surface area (Å²) in [6.07, 6.45) is 10.0. The second-order valence-corrected chi connectivity index (χ2v) is 6.42. The average molecular weight is 277 g/mol. The zero-order valence-corrected chi connectivity index (χ0v) is 12.7. The Kier molecular flexibility index (Phi) is 6.03. The van der Waals surface area contributed by atoms with E-state index in [0.29, 0.717) is 5.92 Å². The van der Waals surface area contributed by atoms with E-state index in [1.165, 1.54) is 51.0 Å². The summed E-state index contributed by atoms with van der Waals surface area (Å²) in [7, 11) is 0. The van der Waals surface area contributed by atoms with Gasteiger partial charge in [-0.3, -0.25) is 0 Å². The fraction of sp³-hybridized carbons (Fsp3) is 0.667. The molecule has 0 bridgehead atoms. The zero-order valence-electron chi connectivity index (χ0n) is 12.7. The molecule has 112 valence electrons. The summed E-state index contributed by atoms with van der Waals surface area (Å²) in [4.78, 5) is 0. The second kappa shape index (κ2) is 7.78. The normalized spacial score (nSPS) is 24.6. The Balaban J connectivity index is 1.78. The first-order chi connectivity index (χ1) is 9.69. The third-order valence-corrected chi connectivity index (χ3v) is 4.82. The summed E-state index contributed by atoms with van der Waals surface area (Å²) >= 11 is 0. The minimum atomic E-state index is -0.155. The van der Waals surface area contributed by atoms with Crippen LogP contribution in [0, 0.1) is 17.7 Å². The number of unbranched alkanes of at least 4 members (excludes halogenated alkanes) is 1. The minimum Gasteiger partial charge on any atom is -0.327 e. The van der Waals surface area contributed by atoms with Crippen LogP contribution in [0.25, 0.3) is 0 Å². The maximum absolute atomic E-state index is 13.2. The van der Waals surface area contributed by atoms with Gasteiger partial charge in [-0.15, -0.1) is 0 Å². The van der Waals surface area contributed by atoms with Crippen LogP contribution >= 0.6 is 0 Å². The van der Waals surface area contributed by atoms with Gasteiger partial charge >= 0.3 is 0 Å². The van der Waals surface area contributed by atoms with Crippen LogP contribution in [0.5, 0.6) is 0 Å². The lowest BCUT2D eigenvalue weighted by Crippen LogP contribution is -2.35. The van der Waals surface area contributed by atoms with Gasteiger partial charge in [0.1, 0.15) is 5.82 Å². The molecule has 0 saturated heterocycles. The van der Waals surface area contributed by atoms with E-state index in [9.17, 15) is 4.39 Å². The standard InChI is InChI=1S/C18H28FN/c1-2-3-5-14-8-10-16(11-9-14)18(20)13-15-6-4-7-17(19)12-15/h4,6-7,12,14,16,18H,2-3,5,8-11,13,20H2,1H3. The van der Waals surface area contributed by atoms with Crippen molar-refractivity contribution in [1.29, 1.82) is 0 Å². The largest absolute Gasteiger partial charge is 0.327 e. The molecule has 0 aliphatic heterocycles. The molecular formula is C18H28FN. The first-order valence-electron chi connectivity index (χ1n) is 8.19. The van der Waals surface area contributed by atoms with E-state index in [-0.39, 0.29) is 11.9 Å². The van der Waals surface area contributed by atoms with Crippen molar-refractivity contribution in [3.63, 3.8) is 0 Å². The Hall–Kier alpha value is -0.890. The molecule has 20 heavy (non-hydrogen) atoms. The predicted octanol–water partition coefficient (Wildman–Crippen LogP) is 4.69. The highest BCUT2D eigenvalue weighted by atomic mass is 19.1. The van der Waals surface area contributed by atoms with Gasteiger partial charge in [-0.25, -0.2) is 4.39 Å². The van der Waals surface area contributed by atoms with E-state index in [2.05, 4.69) is 6.92 Å². The Morgan fingerprint density at radius 1 is 1.25 bits per heavy atom. The van der Waals surface area contributed by atoms with Gasteiger partial charge in [0.25, 0.3) is 0 Å². The molecular weight excluding hydrogens is 249 g/mol. The molecule has 2 rings (SSSR count). The van der Waals surface area contributed by atoms with Gasteiger partial charge in [0.15, 0.2) is 0 Å². The fourth-order valence-electron chi connectivity index (χ4n) is 3.50. The van der Waals surface area contributed by atoms with E-state index < -0.39 is 0 Å². The van der Waals surface area contributed by atoms with Gasteiger partial charge in [-0.2, -0.15) is 0 Å². The van der Waals surface area contributed by atoms with Gasteiger partial charge in [-0.1, -0.05) is 51.2 Å². The molecule has 0 heterocycles. The Morgan fingerprint density at radius 2 is 2.00 bits per heavy atom. The number of nitrogens with two attached hydrogens (primary N) is 1. The van der Waals surface area contributed by atoms with Crippen LogP contribution in [0.4, 0.5) is 4.39 Å². The maximum Gasteiger partial charge on any atom is 0.123 e. The van der Waals surface area contributed by atoms with Crippen LogP contribution in [-0.4, -0.2) is 6.04 Å². The summed E-state index contributed by atoms with van der Waals surface area (Å²) in [6, 6.07) is 7.05. The van der Waals surface area contributed by atoms with Gasteiger partial charge in [0, 0.05) is 6.04 Å². The third kappa shape index (κ3) is 4.59. The molecule has 1 aliphatic carbocycles. The number of benzene rings is 1. The quantitative estimate of drug-likeness (QED) is 0.802. The SMILES string of the molecule is CCCCC1CCC(C(N)Cc2cccc(F)c2)CC1. The Labute approximate surface area is 122 Å². The van der Waals surface area contributed by atoms with E-state index in [1.807, 2.05) is 6.07 Å². The molecule has 2 heteroatoms. The summed E-state index contributed by atoms with van der Waals surface area (Å²) in [5.74, 6) is 1.39. The highest BCUT2D eigenvalue weighted by Crippen LogP contribution is 2.33. The Bertz CT molecular complexity index is 396. The number of hydrogen-bond donors (Lipinski definition) is 1. The van der Waals surface area contributed by atoms with Gasteiger partial charge in [0.2, 0.25) is 0 Å². The van der Waals surface area contributed by atoms with Crippen molar-refractivity contribution in [3.8, 4) is 0 Å². The van der Waals surface area contributed by atoms with Crippen molar-refractivity contribution in [1.82, 2.24) is 0 Å². The first-order valence-corrected chi connectivity index (χ1v) is 8.19. The van der Waals surface area contributed by atoms with Crippen LogP contribution in [0.3, 0.4) is 0 Å². The lowest BCUT2D eigenvalue weighted by molar-refractivity contribution is 0.230. The molecule has 1 saturated carbocycles. The van der Waals surface area contributed by atoms with Crippen LogP contribution in [0.2, 0.25) is 0 Å². The highest BCUT2D eigenvalue weighted by Gasteiger charge is 2.25. The molecule has 1 aliphatic rings. The lowest BCUT2D eigenvalue weighted by Gasteiger charge is -2.32. The molecule has 0 aromatic heterocycles. The molecule has 1 fully saturated rings. The van der Waals surface area contributed by atoms with E-state index in [1.54, 1.807) is 12.1 Å². The second-order valence-electron chi connectivity index (χ2n) is 6.42. The summed E-state index contributed by atoms with van der Waals surface area (Å²) in [5, 5.41) is 0. The van der Waals surface area contributed by atoms with Crippen molar-refractivity contribution in [2.24, 2.45) is 17.6 Å². The van der Waals surface area contributed by atoms with Crippen LogP contribution in [0.1, 0.15) is 57.4 Å². The minimum absolute atomic E-state index is 0.155. The van der Waals surface area contributed by atoms with E-state index in [0.717, 1.165) is 17.9 Å². The van der Waals surface area contributed by atoms with E-state index in [4.69, 9.17) is 5.73 Å². The van der Waals surface area contributed by atoms with Crippen molar-refractivity contribution in [3.05, 3.63) is 35.6 Å². The summed E-state index contributed by atoms with van der Waals surface area (Å²) < 4.78 is 13.2. The van der Waals surface area contributed by atoms with Gasteiger partial charge < -0.3 is 5.73 Å². The molecule has 1 aromatic rings. The van der Waals surface area contributed by atoms with Gasteiger partial charge in [-0.05, 0) is 48.8 Å². The summed E-state index contributed by atoms with van der Waals surface area (Å²) in [5.41, 5.74) is 7.39. The monoisotopic (exact) mass is 277 g/mol. The molecule has 0 radical (unpaired) electrons. The molecule has 0 spiro atoms. The van der Waals surface area contributed by atoms with Crippen molar-refractivity contribution in [2.75, 3.05) is 0 Å². The molecule has 2 N–H and O–H groups in total. The van der Waals surface area contributed by atoms with Crippen molar-refractivity contribution < 1.29 is 4.39 Å². The van der Waals surface area contributed by atoms with Crippen molar-refractivity contribution in [2.45, 2.75) is 64.3 Å². The molecule has 1 nitrogen and oxygen atoms in total. The third-order valence-electron chi connectivity index (χ3n) is 4.82. The molecule has 1 atom stereocenters. The summed E-state index contributed by atoms with van der Waals surface area (Å²) in [6.45, 7) is 2.26. The lowest BCUT2D eigenvalue weighted by atomic mass is 9.76. The molecule has 0 amide bonds. The van der Waals surface area contributed by atoms with Crippen LogP contribution < -0.4 is 5.73 Å². The first kappa shape index (κ1) is 15.5. The molecule has 1 unspecified atom stereocenters. The maximum atomic E-state index is 13.2. The number of halogens is 1. The van der Waals surface area contributed by atoms with E-state index >= 15 is 0 Å². The van der Waals surface area contributed by atoms with Gasteiger partial charge in [0.05, 0.1) is 0 Å². The fourth-order valence-corrected chi connectivity index (χ4v) is 3.50. The highest BCUT2D eigenvalue weighted by molar-refractivity contribution is 5.17. The topological polar surface area (TPSA) is 26.0 Å². The number of rotatable bonds is 6. The smallest absolute Gasteiger partial charge is 0.123 e. The zero-order chi connectivity index (χ0) is 14.4. The van der Waals surface area contributed by atoms with Crippen LogP contribution in [-0.2, 0) is 6.42 Å². The average Bonchev–Trinajstić information content (AvgIpc) is 2.45. The van der Waals surface area contributed by atoms with Crippen molar-refractivity contribution >= 4 is 0 Å². The Morgan fingerprint density at radius 3 is 2.65 bits per heavy atom. The number of hydrogen-bond acceptors (Lipinski definition) is 1. The van der Waals surface area contributed by atoms with Crippen LogP contribution in [0.15, 0.2) is 24.3 Å².